The molecule has 0 bridgehead atoms. The molecule has 0 aliphatic heterocycles. The number of hydrogen-bond acceptors (Lipinski definition) is 3. The van der Waals surface area contributed by atoms with Gasteiger partial charge < -0.3 is 10.1 Å². The van der Waals surface area contributed by atoms with E-state index >= 15 is 0 Å². The molecule has 0 aliphatic carbocycles. The molecule has 0 spiro atoms. The average Bonchev–Trinajstić information content (AvgIpc) is 2.68. The number of benzene rings is 3. The van der Waals surface area contributed by atoms with Crippen LogP contribution in [0.15, 0.2) is 83.9 Å². The Labute approximate surface area is 149 Å². The number of aliphatic imine (C=N–C) groups is 1. The first-order valence-electron chi connectivity index (χ1n) is 8.32. The van der Waals surface area contributed by atoms with Crippen molar-refractivity contribution in [3.8, 4) is 5.75 Å². The molecule has 0 aromatic heterocycles. The molecule has 0 atom stereocenters. The molecule has 3 heteroatoms. The lowest BCUT2D eigenvalue weighted by molar-refractivity contribution is 0.412. The smallest absolute Gasteiger partial charge is 0.123 e. The second kappa shape index (κ2) is 8.15. The van der Waals surface area contributed by atoms with Crippen molar-refractivity contribution in [1.82, 2.24) is 0 Å². The molecule has 0 fully saturated rings. The first-order chi connectivity index (χ1) is 12.3. The molecule has 25 heavy (non-hydrogen) atoms. The summed E-state index contributed by atoms with van der Waals surface area (Å²) in [5, 5.41) is 3.35. The van der Waals surface area contributed by atoms with E-state index in [-0.39, 0.29) is 0 Å². The van der Waals surface area contributed by atoms with Crippen molar-refractivity contribution in [1.29, 1.82) is 0 Å². The SMILES string of the molecule is COc1cc(NCN=C(c2ccccc2)c2ccccc2)ccc1C. The van der Waals surface area contributed by atoms with Crippen LogP contribution in [0.5, 0.6) is 5.75 Å². The molecular formula is C22H22N2O. The average molecular weight is 330 g/mol. The standard InChI is InChI=1S/C22H22N2O/c1-17-13-14-20(15-21(17)25-2)23-16-24-22(18-9-5-3-6-10-18)19-11-7-4-8-12-19/h3-15,23H,16H2,1-2H3. The van der Waals surface area contributed by atoms with Gasteiger partial charge >= 0.3 is 0 Å². The van der Waals surface area contributed by atoms with Crippen LogP contribution >= 0.6 is 0 Å². The van der Waals surface area contributed by atoms with Gasteiger partial charge in [-0.2, -0.15) is 0 Å². The van der Waals surface area contributed by atoms with Gasteiger partial charge in [0.2, 0.25) is 0 Å². The van der Waals surface area contributed by atoms with E-state index in [0.717, 1.165) is 33.8 Å². The van der Waals surface area contributed by atoms with Gasteiger partial charge in [0.25, 0.3) is 0 Å². The van der Waals surface area contributed by atoms with Crippen LogP contribution < -0.4 is 10.1 Å². The van der Waals surface area contributed by atoms with Crippen LogP contribution in [0.2, 0.25) is 0 Å². The third-order valence-electron chi connectivity index (χ3n) is 4.02. The van der Waals surface area contributed by atoms with Crippen LogP contribution in [0.3, 0.4) is 0 Å². The maximum Gasteiger partial charge on any atom is 0.123 e. The number of ether oxygens (including phenoxy) is 1. The number of nitrogens with zero attached hydrogens (tertiary/aromatic N) is 1. The summed E-state index contributed by atoms with van der Waals surface area (Å²) in [5.41, 5.74) is 5.30. The Morgan fingerprint density at radius 1 is 0.880 bits per heavy atom. The van der Waals surface area contributed by atoms with Crippen LogP contribution in [0, 0.1) is 6.92 Å². The van der Waals surface area contributed by atoms with E-state index in [4.69, 9.17) is 9.73 Å². The second-order valence-electron chi connectivity index (χ2n) is 5.76. The Balaban J connectivity index is 1.82. The van der Waals surface area contributed by atoms with Gasteiger partial charge in [-0.1, -0.05) is 66.7 Å². The van der Waals surface area contributed by atoms with Gasteiger partial charge in [0.05, 0.1) is 12.8 Å². The summed E-state index contributed by atoms with van der Waals surface area (Å²) in [6, 6.07) is 26.6. The Hall–Kier alpha value is -3.07. The third kappa shape index (κ3) is 4.27. The van der Waals surface area contributed by atoms with Gasteiger partial charge in [-0.25, -0.2) is 0 Å². The molecule has 0 saturated heterocycles. The molecule has 0 amide bonds. The highest BCUT2D eigenvalue weighted by atomic mass is 16.5. The normalized spacial score (nSPS) is 10.2. The Bertz CT molecular complexity index is 801. The van der Waals surface area contributed by atoms with Crippen LogP contribution in [0.4, 0.5) is 5.69 Å². The lowest BCUT2D eigenvalue weighted by Crippen LogP contribution is -2.08. The van der Waals surface area contributed by atoms with Crippen molar-refractivity contribution in [2.24, 2.45) is 4.99 Å². The number of anilines is 1. The van der Waals surface area contributed by atoms with Crippen molar-refractivity contribution in [2.45, 2.75) is 6.92 Å². The maximum absolute atomic E-state index is 5.38. The van der Waals surface area contributed by atoms with Crippen LogP contribution in [-0.2, 0) is 0 Å². The number of aryl methyl sites for hydroxylation is 1. The predicted octanol–water partition coefficient (Wildman–Crippen LogP) is 4.91. The minimum atomic E-state index is 0.491. The molecule has 0 heterocycles. The van der Waals surface area contributed by atoms with E-state index in [1.54, 1.807) is 7.11 Å². The minimum Gasteiger partial charge on any atom is -0.496 e. The lowest BCUT2D eigenvalue weighted by atomic mass is 10.0. The van der Waals surface area contributed by atoms with Crippen molar-refractivity contribution in [2.75, 3.05) is 19.1 Å². The first kappa shape index (κ1) is 16.8. The largest absolute Gasteiger partial charge is 0.496 e. The molecule has 126 valence electrons. The molecule has 1 N–H and O–H groups in total. The number of methoxy groups -OCH3 is 1. The maximum atomic E-state index is 5.38. The van der Waals surface area contributed by atoms with Gasteiger partial charge in [0.15, 0.2) is 0 Å². The molecule has 0 aliphatic rings. The van der Waals surface area contributed by atoms with E-state index in [9.17, 15) is 0 Å². The molecular weight excluding hydrogens is 308 g/mol. The molecule has 0 radical (unpaired) electrons. The molecule has 3 aromatic carbocycles. The van der Waals surface area contributed by atoms with Gasteiger partial charge in [-0.15, -0.1) is 0 Å². The summed E-state index contributed by atoms with van der Waals surface area (Å²) in [5.74, 6) is 0.875. The van der Waals surface area contributed by atoms with Gasteiger partial charge in [-0.3, -0.25) is 4.99 Å². The number of rotatable bonds is 6. The van der Waals surface area contributed by atoms with Crippen molar-refractivity contribution < 1.29 is 4.74 Å². The number of nitrogens with one attached hydrogen (secondary N) is 1. The first-order valence-corrected chi connectivity index (χ1v) is 8.32. The predicted molar refractivity (Wildman–Crippen MR) is 105 cm³/mol. The molecule has 3 nitrogen and oxygen atoms in total. The van der Waals surface area contributed by atoms with E-state index in [1.165, 1.54) is 0 Å². The zero-order chi connectivity index (χ0) is 17.5. The van der Waals surface area contributed by atoms with Gasteiger partial charge in [0, 0.05) is 22.9 Å². The highest BCUT2D eigenvalue weighted by Crippen LogP contribution is 2.22. The second-order valence-corrected chi connectivity index (χ2v) is 5.76. The lowest BCUT2D eigenvalue weighted by Gasteiger charge is -2.11. The van der Waals surface area contributed by atoms with Gasteiger partial charge in [-0.05, 0) is 18.6 Å². The fourth-order valence-electron chi connectivity index (χ4n) is 2.68. The topological polar surface area (TPSA) is 33.6 Å². The van der Waals surface area contributed by atoms with Crippen LogP contribution in [0.1, 0.15) is 16.7 Å². The Morgan fingerprint density at radius 3 is 2.04 bits per heavy atom. The summed E-state index contributed by atoms with van der Waals surface area (Å²) in [6.07, 6.45) is 0. The summed E-state index contributed by atoms with van der Waals surface area (Å²) in [6.45, 7) is 2.52. The molecule has 0 saturated carbocycles. The van der Waals surface area contributed by atoms with Crippen LogP contribution in [0.25, 0.3) is 0 Å². The van der Waals surface area contributed by atoms with Crippen molar-refractivity contribution in [3.63, 3.8) is 0 Å². The highest BCUT2D eigenvalue weighted by molar-refractivity contribution is 6.12. The Morgan fingerprint density at radius 2 is 1.48 bits per heavy atom. The van der Waals surface area contributed by atoms with Crippen molar-refractivity contribution >= 4 is 11.4 Å². The quantitative estimate of drug-likeness (QED) is 0.652. The molecule has 3 aromatic rings. The fraction of sp³-hybridized carbons (Fsp3) is 0.136. The molecule has 0 unspecified atom stereocenters. The zero-order valence-corrected chi connectivity index (χ0v) is 14.6. The molecule has 3 rings (SSSR count). The zero-order valence-electron chi connectivity index (χ0n) is 14.6. The van der Waals surface area contributed by atoms with E-state index < -0.39 is 0 Å². The summed E-state index contributed by atoms with van der Waals surface area (Å²) in [7, 11) is 1.69. The number of hydrogen-bond donors (Lipinski definition) is 1. The summed E-state index contributed by atoms with van der Waals surface area (Å²) < 4.78 is 5.38. The fourth-order valence-corrected chi connectivity index (χ4v) is 2.68. The Kier molecular flexibility index (Phi) is 5.47. The van der Waals surface area contributed by atoms with E-state index in [1.807, 2.05) is 61.5 Å². The minimum absolute atomic E-state index is 0.491. The van der Waals surface area contributed by atoms with E-state index in [0.29, 0.717) is 6.67 Å². The van der Waals surface area contributed by atoms with Crippen LogP contribution in [-0.4, -0.2) is 19.5 Å². The summed E-state index contributed by atoms with van der Waals surface area (Å²) in [4.78, 5) is 4.80. The van der Waals surface area contributed by atoms with Gasteiger partial charge in [0.1, 0.15) is 12.4 Å². The van der Waals surface area contributed by atoms with E-state index in [2.05, 4.69) is 29.6 Å². The third-order valence-corrected chi connectivity index (χ3v) is 4.02. The summed E-state index contributed by atoms with van der Waals surface area (Å²) >= 11 is 0. The highest BCUT2D eigenvalue weighted by Gasteiger charge is 2.06. The monoisotopic (exact) mass is 330 g/mol. The van der Waals surface area contributed by atoms with Crippen molar-refractivity contribution in [3.05, 3.63) is 95.6 Å².